The molecule has 0 aliphatic carbocycles. The number of nitrogens with zero attached hydrogens (tertiary/aromatic N) is 1. The maximum Gasteiger partial charge on any atom is 0.234 e. The highest BCUT2D eigenvalue weighted by molar-refractivity contribution is 5.79. The molecule has 0 bridgehead atoms. The molecule has 1 aliphatic heterocycles. The van der Waals surface area contributed by atoms with E-state index in [1.54, 1.807) is 21.3 Å². The minimum Gasteiger partial charge on any atom is -0.493 e. The summed E-state index contributed by atoms with van der Waals surface area (Å²) in [6.07, 6.45) is 0.809. The molecule has 1 atom stereocenters. The van der Waals surface area contributed by atoms with E-state index in [0.717, 1.165) is 24.1 Å². The lowest BCUT2D eigenvalue weighted by atomic mass is 9.96. The van der Waals surface area contributed by atoms with Crippen LogP contribution in [0, 0.1) is 0 Å². The molecule has 2 N–H and O–H groups in total. The third-order valence-corrected chi connectivity index (χ3v) is 4.01. The summed E-state index contributed by atoms with van der Waals surface area (Å²) in [5.74, 6) is 1.57. The van der Waals surface area contributed by atoms with Gasteiger partial charge in [0.25, 0.3) is 0 Å². The maximum atomic E-state index is 11.4. The fourth-order valence-corrected chi connectivity index (χ4v) is 2.72. The summed E-state index contributed by atoms with van der Waals surface area (Å²) in [6.45, 7) is 3.19. The van der Waals surface area contributed by atoms with Gasteiger partial charge in [0.05, 0.1) is 27.4 Å². The Bertz CT molecular complexity index is 545. The SMILES string of the molecule is COc1cc2c(c(OC)c1OC)CN(C(C)C(N)=O)CC2. The van der Waals surface area contributed by atoms with Crippen molar-refractivity contribution < 1.29 is 19.0 Å². The van der Waals surface area contributed by atoms with E-state index in [1.807, 2.05) is 17.9 Å². The Hall–Kier alpha value is -1.95. The summed E-state index contributed by atoms with van der Waals surface area (Å²) in [6, 6.07) is 1.67. The van der Waals surface area contributed by atoms with Gasteiger partial charge in [-0.15, -0.1) is 0 Å². The van der Waals surface area contributed by atoms with Gasteiger partial charge in [-0.2, -0.15) is 0 Å². The van der Waals surface area contributed by atoms with E-state index in [0.29, 0.717) is 23.8 Å². The summed E-state index contributed by atoms with van der Waals surface area (Å²) in [5, 5.41) is 0. The Labute approximate surface area is 124 Å². The number of benzene rings is 1. The first-order valence-corrected chi connectivity index (χ1v) is 6.87. The van der Waals surface area contributed by atoms with Gasteiger partial charge in [-0.25, -0.2) is 0 Å². The lowest BCUT2D eigenvalue weighted by Gasteiger charge is -2.33. The molecule has 1 aromatic rings. The Morgan fingerprint density at radius 2 is 1.90 bits per heavy atom. The van der Waals surface area contributed by atoms with Crippen molar-refractivity contribution >= 4 is 5.91 Å². The molecule has 1 aromatic carbocycles. The van der Waals surface area contributed by atoms with Crippen LogP contribution >= 0.6 is 0 Å². The standard InChI is InChI=1S/C15H22N2O4/c1-9(15(16)18)17-6-5-10-7-12(19-2)14(21-4)13(20-3)11(10)8-17/h7,9H,5-6,8H2,1-4H3,(H2,16,18). The zero-order chi connectivity index (χ0) is 15.6. The van der Waals surface area contributed by atoms with Gasteiger partial charge in [-0.1, -0.05) is 0 Å². The molecule has 21 heavy (non-hydrogen) atoms. The van der Waals surface area contributed by atoms with Crippen LogP contribution < -0.4 is 19.9 Å². The smallest absolute Gasteiger partial charge is 0.234 e. The first-order valence-electron chi connectivity index (χ1n) is 6.87. The number of rotatable bonds is 5. The number of fused-ring (bicyclic) bond motifs is 1. The van der Waals surface area contributed by atoms with Crippen molar-refractivity contribution in [2.75, 3.05) is 27.9 Å². The third kappa shape index (κ3) is 2.76. The van der Waals surface area contributed by atoms with E-state index in [-0.39, 0.29) is 11.9 Å². The van der Waals surface area contributed by atoms with E-state index in [2.05, 4.69) is 0 Å². The maximum absolute atomic E-state index is 11.4. The van der Waals surface area contributed by atoms with Gasteiger partial charge in [0.15, 0.2) is 11.5 Å². The fraction of sp³-hybridized carbons (Fsp3) is 0.533. The van der Waals surface area contributed by atoms with Crippen LogP contribution in [-0.2, 0) is 17.8 Å². The molecule has 0 fully saturated rings. The van der Waals surface area contributed by atoms with Gasteiger partial charge in [0.1, 0.15) is 0 Å². The first kappa shape index (κ1) is 15.4. The number of hydrogen-bond donors (Lipinski definition) is 1. The number of methoxy groups -OCH3 is 3. The van der Waals surface area contributed by atoms with Crippen molar-refractivity contribution in [3.63, 3.8) is 0 Å². The zero-order valence-corrected chi connectivity index (χ0v) is 12.9. The Kier molecular flexibility index (Phi) is 4.57. The van der Waals surface area contributed by atoms with Crippen LogP contribution in [0.5, 0.6) is 17.2 Å². The number of ether oxygens (including phenoxy) is 3. The van der Waals surface area contributed by atoms with Gasteiger partial charge >= 0.3 is 0 Å². The number of nitrogens with two attached hydrogens (primary N) is 1. The number of carbonyl (C=O) groups excluding carboxylic acids is 1. The van der Waals surface area contributed by atoms with E-state index in [4.69, 9.17) is 19.9 Å². The summed E-state index contributed by atoms with van der Waals surface area (Å²) in [4.78, 5) is 13.4. The van der Waals surface area contributed by atoms with Gasteiger partial charge in [0.2, 0.25) is 11.7 Å². The molecule has 6 nitrogen and oxygen atoms in total. The average Bonchev–Trinajstić information content (AvgIpc) is 2.51. The number of primary amides is 1. The second-order valence-electron chi connectivity index (χ2n) is 5.08. The minimum atomic E-state index is -0.321. The molecule has 0 saturated heterocycles. The quantitative estimate of drug-likeness (QED) is 0.875. The van der Waals surface area contributed by atoms with Crippen LogP contribution in [0.4, 0.5) is 0 Å². The highest BCUT2D eigenvalue weighted by Gasteiger charge is 2.29. The van der Waals surface area contributed by atoms with Crippen LogP contribution in [-0.4, -0.2) is 44.7 Å². The zero-order valence-electron chi connectivity index (χ0n) is 12.9. The molecular weight excluding hydrogens is 272 g/mol. The van der Waals surface area contributed by atoms with Crippen molar-refractivity contribution in [3.8, 4) is 17.2 Å². The second kappa shape index (κ2) is 6.22. The van der Waals surface area contributed by atoms with E-state index in [1.165, 1.54) is 0 Å². The largest absolute Gasteiger partial charge is 0.493 e. The highest BCUT2D eigenvalue weighted by atomic mass is 16.5. The molecule has 1 amide bonds. The van der Waals surface area contributed by atoms with Crippen LogP contribution in [0.3, 0.4) is 0 Å². The third-order valence-electron chi connectivity index (χ3n) is 4.01. The van der Waals surface area contributed by atoms with Crippen molar-refractivity contribution in [2.45, 2.75) is 25.9 Å². The van der Waals surface area contributed by atoms with Crippen LogP contribution in [0.1, 0.15) is 18.1 Å². The average molecular weight is 294 g/mol. The predicted molar refractivity (Wildman–Crippen MR) is 78.9 cm³/mol. The van der Waals surface area contributed by atoms with Crippen molar-refractivity contribution in [3.05, 3.63) is 17.2 Å². The van der Waals surface area contributed by atoms with Crippen LogP contribution in [0.2, 0.25) is 0 Å². The predicted octanol–water partition coefficient (Wildman–Crippen LogP) is 0.944. The van der Waals surface area contributed by atoms with Crippen LogP contribution in [0.15, 0.2) is 6.07 Å². The molecule has 0 aromatic heterocycles. The normalized spacial score (nSPS) is 16.0. The fourth-order valence-electron chi connectivity index (χ4n) is 2.72. The lowest BCUT2D eigenvalue weighted by molar-refractivity contribution is -0.123. The summed E-state index contributed by atoms with van der Waals surface area (Å²) in [7, 11) is 4.79. The number of hydrogen-bond acceptors (Lipinski definition) is 5. The molecule has 1 unspecified atom stereocenters. The van der Waals surface area contributed by atoms with Crippen molar-refractivity contribution in [1.29, 1.82) is 0 Å². The van der Waals surface area contributed by atoms with Crippen LogP contribution in [0.25, 0.3) is 0 Å². The van der Waals surface area contributed by atoms with Gasteiger partial charge in [-0.3, -0.25) is 9.69 Å². The number of amides is 1. The molecule has 6 heteroatoms. The summed E-state index contributed by atoms with van der Waals surface area (Å²) in [5.41, 5.74) is 7.58. The first-order chi connectivity index (χ1) is 10.0. The summed E-state index contributed by atoms with van der Waals surface area (Å²) < 4.78 is 16.3. The topological polar surface area (TPSA) is 74.0 Å². The van der Waals surface area contributed by atoms with E-state index >= 15 is 0 Å². The van der Waals surface area contributed by atoms with Crippen molar-refractivity contribution in [1.82, 2.24) is 4.90 Å². The van der Waals surface area contributed by atoms with Gasteiger partial charge in [0, 0.05) is 18.7 Å². The molecule has 0 spiro atoms. The molecule has 116 valence electrons. The monoisotopic (exact) mass is 294 g/mol. The van der Waals surface area contributed by atoms with Gasteiger partial charge < -0.3 is 19.9 Å². The second-order valence-corrected chi connectivity index (χ2v) is 5.08. The Morgan fingerprint density at radius 1 is 1.24 bits per heavy atom. The molecule has 0 radical (unpaired) electrons. The Morgan fingerprint density at radius 3 is 2.43 bits per heavy atom. The molecule has 2 rings (SSSR count). The molecule has 1 heterocycles. The lowest BCUT2D eigenvalue weighted by Crippen LogP contribution is -2.45. The van der Waals surface area contributed by atoms with E-state index < -0.39 is 0 Å². The van der Waals surface area contributed by atoms with E-state index in [9.17, 15) is 4.79 Å². The minimum absolute atomic E-state index is 0.309. The number of carbonyl (C=O) groups is 1. The Balaban J connectivity index is 2.44. The molecular formula is C15H22N2O4. The summed E-state index contributed by atoms with van der Waals surface area (Å²) >= 11 is 0. The molecule has 0 saturated carbocycles. The van der Waals surface area contributed by atoms with Crippen molar-refractivity contribution in [2.24, 2.45) is 5.73 Å². The molecule has 1 aliphatic rings. The highest BCUT2D eigenvalue weighted by Crippen LogP contribution is 2.43. The van der Waals surface area contributed by atoms with Gasteiger partial charge in [-0.05, 0) is 25.0 Å².